The average Bonchev–Trinajstić information content (AvgIpc) is 3.00. The van der Waals surface area contributed by atoms with E-state index in [-0.39, 0.29) is 16.7 Å². The molecule has 0 aromatic heterocycles. The number of nitrogens with two attached hydrogens (primary N) is 1. The predicted molar refractivity (Wildman–Crippen MR) is 102 cm³/mol. The van der Waals surface area contributed by atoms with Gasteiger partial charge in [-0.2, -0.15) is 0 Å². The van der Waals surface area contributed by atoms with Crippen LogP contribution in [-0.4, -0.2) is 43.8 Å². The number of nitrogens with zero attached hydrogens (tertiary/aromatic N) is 1. The van der Waals surface area contributed by atoms with Crippen LogP contribution in [0.4, 0.5) is 0 Å². The van der Waals surface area contributed by atoms with Gasteiger partial charge in [-0.3, -0.25) is 4.99 Å². The fraction of sp³-hybridized carbons (Fsp3) is 0.800. The minimum Gasteiger partial charge on any atom is -0.478 e. The molecule has 0 radical (unpaired) electrons. The zero-order chi connectivity index (χ0) is 19.1. The lowest BCUT2D eigenvalue weighted by Crippen LogP contribution is -2.54. The fourth-order valence-corrected chi connectivity index (χ4v) is 6.35. The first-order chi connectivity index (χ1) is 12.3. The summed E-state index contributed by atoms with van der Waals surface area (Å²) in [5.41, 5.74) is 7.65. The number of hydrogen-bond donors (Lipinski definition) is 3. The lowest BCUT2D eigenvalue weighted by molar-refractivity contribution is -0.133. The molecular weight excluding hydrogens is 330 g/mol. The Bertz CT molecular complexity index is 644. The van der Waals surface area contributed by atoms with Gasteiger partial charge in [0.05, 0.1) is 6.61 Å². The van der Waals surface area contributed by atoms with Crippen molar-refractivity contribution in [1.82, 2.24) is 5.32 Å². The van der Waals surface area contributed by atoms with Crippen molar-refractivity contribution in [3.05, 3.63) is 11.1 Å². The third-order valence-electron chi connectivity index (χ3n) is 7.63. The van der Waals surface area contributed by atoms with E-state index < -0.39 is 5.97 Å². The molecule has 2 fully saturated rings. The van der Waals surface area contributed by atoms with E-state index in [1.807, 2.05) is 6.92 Å². The van der Waals surface area contributed by atoms with Crippen LogP contribution in [0.2, 0.25) is 0 Å². The molecule has 6 nitrogen and oxygen atoms in total. The third-order valence-corrected chi connectivity index (χ3v) is 7.63. The van der Waals surface area contributed by atoms with Gasteiger partial charge in [0.2, 0.25) is 0 Å². The van der Waals surface area contributed by atoms with Crippen LogP contribution in [0.25, 0.3) is 0 Å². The molecule has 0 heterocycles. The molecule has 26 heavy (non-hydrogen) atoms. The van der Waals surface area contributed by atoms with Crippen LogP contribution in [0.3, 0.4) is 0 Å². The molecule has 146 valence electrons. The number of nitrogens with one attached hydrogen (secondary N) is 1. The normalized spacial score (nSPS) is 39.2. The van der Waals surface area contributed by atoms with E-state index in [0.717, 1.165) is 32.2 Å². The van der Waals surface area contributed by atoms with Gasteiger partial charge in [0.25, 0.3) is 0 Å². The molecule has 0 aliphatic heterocycles. The number of allylic oxidation sites excluding steroid dienone is 1. The number of rotatable bonds is 6. The van der Waals surface area contributed by atoms with Gasteiger partial charge in [0.15, 0.2) is 5.96 Å². The Morgan fingerprint density at radius 2 is 2.19 bits per heavy atom. The molecule has 3 aliphatic carbocycles. The van der Waals surface area contributed by atoms with Crippen LogP contribution in [0.1, 0.15) is 46.5 Å². The molecule has 2 saturated carbocycles. The van der Waals surface area contributed by atoms with Gasteiger partial charge in [0.1, 0.15) is 0 Å². The Balaban J connectivity index is 2.04. The van der Waals surface area contributed by atoms with Crippen LogP contribution in [-0.2, 0) is 9.53 Å². The standard InChI is InChI=1S/C20H33N3O3/c1-5-26-10-13-9-20-12(2)6-7-14(8-15(20)16(13)17(24)25)19(20,3)11-23-18(21)22-4/h12-14H,5-11H2,1-4H3,(H,24,25)(H3,21,22,23). The second-order valence-corrected chi connectivity index (χ2v) is 8.49. The number of fused-ring (bicyclic) bond motifs is 1. The van der Waals surface area contributed by atoms with Gasteiger partial charge in [-0.25, -0.2) is 4.79 Å². The number of carboxylic acid groups (broad SMARTS) is 1. The highest BCUT2D eigenvalue weighted by molar-refractivity contribution is 5.90. The lowest BCUT2D eigenvalue weighted by Gasteiger charge is -2.53. The first-order valence-electron chi connectivity index (χ1n) is 9.82. The fourth-order valence-electron chi connectivity index (χ4n) is 6.35. The van der Waals surface area contributed by atoms with Crippen molar-refractivity contribution in [1.29, 1.82) is 0 Å². The smallest absolute Gasteiger partial charge is 0.331 e. The van der Waals surface area contributed by atoms with Crippen LogP contribution in [0, 0.1) is 28.6 Å². The molecule has 5 unspecified atom stereocenters. The van der Waals surface area contributed by atoms with Crippen LogP contribution in [0.5, 0.6) is 0 Å². The minimum atomic E-state index is -0.758. The largest absolute Gasteiger partial charge is 0.478 e. The number of aliphatic carboxylic acids is 1. The zero-order valence-corrected chi connectivity index (χ0v) is 16.5. The highest BCUT2D eigenvalue weighted by atomic mass is 16.5. The second kappa shape index (κ2) is 6.87. The Morgan fingerprint density at radius 1 is 1.46 bits per heavy atom. The molecule has 4 N–H and O–H groups in total. The maximum absolute atomic E-state index is 12.2. The summed E-state index contributed by atoms with van der Waals surface area (Å²) in [7, 11) is 1.68. The molecular formula is C20H33N3O3. The molecule has 2 bridgehead atoms. The highest BCUT2D eigenvalue weighted by Crippen LogP contribution is 2.73. The zero-order valence-electron chi connectivity index (χ0n) is 16.5. The van der Waals surface area contributed by atoms with Gasteiger partial charge in [-0.1, -0.05) is 19.4 Å². The minimum absolute atomic E-state index is 0.0135. The molecule has 5 atom stereocenters. The summed E-state index contributed by atoms with van der Waals surface area (Å²) in [4.78, 5) is 16.2. The highest BCUT2D eigenvalue weighted by Gasteiger charge is 2.68. The van der Waals surface area contributed by atoms with Gasteiger partial charge in [0, 0.05) is 37.1 Å². The van der Waals surface area contributed by atoms with Gasteiger partial charge in [-0.15, -0.1) is 0 Å². The third kappa shape index (κ3) is 2.56. The van der Waals surface area contributed by atoms with E-state index in [1.165, 1.54) is 5.57 Å². The van der Waals surface area contributed by atoms with E-state index in [4.69, 9.17) is 10.5 Å². The second-order valence-electron chi connectivity index (χ2n) is 8.49. The molecule has 1 spiro atoms. The number of hydrogen-bond acceptors (Lipinski definition) is 3. The monoisotopic (exact) mass is 363 g/mol. The first kappa shape index (κ1) is 19.2. The van der Waals surface area contributed by atoms with Crippen molar-refractivity contribution in [2.24, 2.45) is 39.3 Å². The summed E-state index contributed by atoms with van der Waals surface area (Å²) in [6.45, 7) is 8.46. The van der Waals surface area contributed by atoms with Crippen LogP contribution >= 0.6 is 0 Å². The quantitative estimate of drug-likeness (QED) is 0.497. The van der Waals surface area contributed by atoms with Gasteiger partial charge in [-0.05, 0) is 49.9 Å². The average molecular weight is 364 g/mol. The van der Waals surface area contributed by atoms with E-state index in [2.05, 4.69) is 24.2 Å². The van der Waals surface area contributed by atoms with E-state index in [1.54, 1.807) is 7.05 Å². The number of carboxylic acids is 1. The Hall–Kier alpha value is -1.56. The maximum atomic E-state index is 12.2. The Morgan fingerprint density at radius 3 is 2.81 bits per heavy atom. The number of ether oxygens (including phenoxy) is 1. The van der Waals surface area contributed by atoms with Crippen molar-refractivity contribution >= 4 is 11.9 Å². The summed E-state index contributed by atoms with van der Waals surface area (Å²) < 4.78 is 5.66. The molecule has 3 aliphatic rings. The van der Waals surface area contributed by atoms with Crippen LogP contribution < -0.4 is 11.1 Å². The van der Waals surface area contributed by atoms with Gasteiger partial charge < -0.3 is 20.9 Å². The topological polar surface area (TPSA) is 96.9 Å². The lowest BCUT2D eigenvalue weighted by atomic mass is 9.51. The van der Waals surface area contributed by atoms with Crippen molar-refractivity contribution in [3.8, 4) is 0 Å². The van der Waals surface area contributed by atoms with E-state index in [9.17, 15) is 9.90 Å². The Kier molecular flexibility index (Phi) is 5.08. The van der Waals surface area contributed by atoms with Crippen molar-refractivity contribution in [2.45, 2.75) is 46.5 Å². The maximum Gasteiger partial charge on any atom is 0.331 e. The summed E-state index contributed by atoms with van der Waals surface area (Å²) in [6.07, 6.45) is 4.09. The van der Waals surface area contributed by atoms with Crippen molar-refractivity contribution in [2.75, 3.05) is 26.8 Å². The van der Waals surface area contributed by atoms with E-state index in [0.29, 0.717) is 36.6 Å². The number of guanidine groups is 1. The molecule has 0 amide bonds. The van der Waals surface area contributed by atoms with Crippen molar-refractivity contribution < 1.29 is 14.6 Å². The summed E-state index contributed by atoms with van der Waals surface area (Å²) in [5, 5.41) is 13.3. The molecule has 3 rings (SSSR count). The number of carbonyl (C=O) groups is 1. The summed E-state index contributed by atoms with van der Waals surface area (Å²) >= 11 is 0. The Labute approximate surface area is 156 Å². The number of aliphatic imine (C=N–C) groups is 1. The molecule has 6 heteroatoms. The van der Waals surface area contributed by atoms with Crippen molar-refractivity contribution in [3.63, 3.8) is 0 Å². The SMILES string of the molecule is CCOCC1CC23C(=C1C(=O)O)CC(CCC2C)C3(C)CNC(N)=NC. The predicted octanol–water partition coefficient (Wildman–Crippen LogP) is 2.40. The van der Waals surface area contributed by atoms with Gasteiger partial charge >= 0.3 is 5.97 Å². The first-order valence-corrected chi connectivity index (χ1v) is 9.82. The summed E-state index contributed by atoms with van der Waals surface area (Å²) in [6, 6.07) is 0. The molecule has 0 aromatic carbocycles. The summed E-state index contributed by atoms with van der Waals surface area (Å²) in [5.74, 6) is 0.636. The van der Waals surface area contributed by atoms with E-state index >= 15 is 0 Å². The molecule has 0 aromatic rings. The van der Waals surface area contributed by atoms with Crippen LogP contribution in [0.15, 0.2) is 16.1 Å². The molecule has 0 saturated heterocycles.